The van der Waals surface area contributed by atoms with Gasteiger partial charge in [0.15, 0.2) is 17.9 Å². The molecule has 0 saturated carbocycles. The first kappa shape index (κ1) is 11.6. The highest BCUT2D eigenvalue weighted by molar-refractivity contribution is 4.99. The number of aliphatic hydroxyl groups excluding tert-OH is 1. The topological polar surface area (TPSA) is 66.4 Å². The van der Waals surface area contributed by atoms with Gasteiger partial charge in [-0.15, -0.1) is 0 Å². The largest absolute Gasteiger partial charge is 0.394 e. The highest BCUT2D eigenvalue weighted by atomic mass is 16.9. The van der Waals surface area contributed by atoms with E-state index >= 15 is 0 Å². The molecule has 3 rings (SSSR count). The Hall–Kier alpha value is -0.240. The second-order valence-electron chi connectivity index (χ2n) is 5.78. The van der Waals surface area contributed by atoms with Crippen molar-refractivity contribution in [2.24, 2.45) is 0 Å². The molecule has 6 nitrogen and oxygen atoms in total. The molecule has 0 radical (unpaired) electrons. The lowest BCUT2D eigenvalue weighted by atomic mass is 9.99. The van der Waals surface area contributed by atoms with Crippen molar-refractivity contribution in [3.63, 3.8) is 0 Å². The number of hydrogen-bond donors (Lipinski definition) is 1. The molecule has 1 unspecified atom stereocenters. The molecule has 0 aromatic carbocycles. The van der Waals surface area contributed by atoms with Crippen LogP contribution in [0.3, 0.4) is 0 Å². The summed E-state index contributed by atoms with van der Waals surface area (Å²) in [5.41, 5.74) is 0. The minimum atomic E-state index is -1.42. The van der Waals surface area contributed by atoms with Crippen molar-refractivity contribution >= 4 is 0 Å². The molecule has 104 valence electrons. The number of fused-ring (bicyclic) bond motifs is 3. The summed E-state index contributed by atoms with van der Waals surface area (Å²) in [4.78, 5) is 0. The van der Waals surface area contributed by atoms with E-state index in [0.29, 0.717) is 0 Å². The molecular weight excluding hydrogens is 240 g/mol. The van der Waals surface area contributed by atoms with Gasteiger partial charge in [0.25, 0.3) is 0 Å². The first-order valence-corrected chi connectivity index (χ1v) is 6.16. The molecule has 0 aliphatic carbocycles. The first-order chi connectivity index (χ1) is 8.69. The van der Waals surface area contributed by atoms with E-state index in [0.717, 1.165) is 0 Å². The second kappa shape index (κ2) is 3.88. The van der Waals surface area contributed by atoms with E-state index in [-0.39, 0.29) is 0 Å². The van der Waals surface area contributed by atoms with Gasteiger partial charge in [0.05, 0.1) is 7.95 Å². The molecule has 3 heterocycles. The minimum Gasteiger partial charge on any atom is -0.394 e. The molecule has 0 amide bonds. The number of rotatable bonds is 1. The Balaban J connectivity index is 1.89. The average molecular weight is 261 g/mol. The van der Waals surface area contributed by atoms with E-state index in [1.54, 1.807) is 27.7 Å². The second-order valence-corrected chi connectivity index (χ2v) is 5.78. The zero-order chi connectivity index (χ0) is 14.0. The third-order valence-corrected chi connectivity index (χ3v) is 3.34. The van der Waals surface area contributed by atoms with Gasteiger partial charge >= 0.3 is 0 Å². The lowest BCUT2D eigenvalue weighted by Gasteiger charge is -2.36. The molecule has 3 aliphatic rings. The van der Waals surface area contributed by atoms with Crippen LogP contribution >= 0.6 is 0 Å². The van der Waals surface area contributed by atoms with Crippen LogP contribution in [0.5, 0.6) is 0 Å². The normalized spacial score (nSPS) is 51.4. The lowest BCUT2D eigenvalue weighted by Crippen LogP contribution is -2.56. The van der Waals surface area contributed by atoms with Crippen molar-refractivity contribution in [3.05, 3.63) is 0 Å². The van der Waals surface area contributed by atoms with Crippen LogP contribution in [0, 0.1) is 0 Å². The molecule has 3 aliphatic heterocycles. The number of aliphatic hydroxyl groups is 1. The lowest BCUT2D eigenvalue weighted by molar-refractivity contribution is -0.240. The van der Waals surface area contributed by atoms with Gasteiger partial charge in [-0.2, -0.15) is 0 Å². The van der Waals surface area contributed by atoms with E-state index in [2.05, 4.69) is 0 Å². The summed E-state index contributed by atoms with van der Waals surface area (Å²) >= 11 is 0. The summed E-state index contributed by atoms with van der Waals surface area (Å²) in [7, 11) is 0. The predicted octanol–water partition coefficient (Wildman–Crippen LogP) is 0.375. The molecule has 3 saturated heterocycles. The Kier molecular flexibility index (Phi) is 2.49. The average Bonchev–Trinajstić information content (AvgIpc) is 2.70. The molecule has 3 fully saturated rings. The van der Waals surface area contributed by atoms with Gasteiger partial charge in [-0.3, -0.25) is 0 Å². The van der Waals surface area contributed by atoms with Crippen LogP contribution in [0.25, 0.3) is 0 Å². The number of ether oxygens (including phenoxy) is 5. The van der Waals surface area contributed by atoms with Crippen molar-refractivity contribution in [2.75, 3.05) is 6.58 Å². The molecule has 6 atom stereocenters. The Morgan fingerprint density at radius 3 is 2.17 bits per heavy atom. The third kappa shape index (κ3) is 1.97. The summed E-state index contributed by atoms with van der Waals surface area (Å²) in [6, 6.07) is 0. The highest BCUT2D eigenvalue weighted by Crippen LogP contribution is 2.43. The van der Waals surface area contributed by atoms with Gasteiger partial charge in [-0.1, -0.05) is 0 Å². The predicted molar refractivity (Wildman–Crippen MR) is 59.6 cm³/mol. The van der Waals surface area contributed by atoms with Gasteiger partial charge in [0, 0.05) is 0 Å². The maximum Gasteiger partial charge on any atom is 0.190 e. The summed E-state index contributed by atoms with van der Waals surface area (Å²) in [5, 5.41) is 9.55. The standard InChI is InChI=1S/C12H20O6/c1-11(2)15-7-6(5-13)14-10-9(8(7)16-11)17-12(3,4)18-10/h6-10,13H,5H2,1-4H3/t6-,7+,8+,9-,10-/m0/s1/i5D/t5?,6-,7+,8+,9-,10-. The minimum absolute atomic E-state index is 0.416. The van der Waals surface area contributed by atoms with E-state index in [1.807, 2.05) is 0 Å². The summed E-state index contributed by atoms with van der Waals surface area (Å²) in [6.45, 7) is 5.73. The molecule has 0 spiro atoms. The maximum atomic E-state index is 9.55. The quantitative estimate of drug-likeness (QED) is 0.736. The Morgan fingerprint density at radius 2 is 1.50 bits per heavy atom. The SMILES string of the molecule is [2H]C(O)[C@@H]1O[C@H]2OC(C)(C)O[C@H]2[C@@H]2OC(C)(C)O[C@@H]21. The van der Waals surface area contributed by atoms with Crippen LogP contribution in [0.4, 0.5) is 0 Å². The molecule has 1 N–H and O–H groups in total. The Labute approximate surface area is 108 Å². The van der Waals surface area contributed by atoms with Crippen LogP contribution in [0.2, 0.25) is 0 Å². The van der Waals surface area contributed by atoms with Crippen LogP contribution < -0.4 is 0 Å². The third-order valence-electron chi connectivity index (χ3n) is 3.34. The van der Waals surface area contributed by atoms with Crippen molar-refractivity contribution in [3.8, 4) is 0 Å². The van der Waals surface area contributed by atoms with E-state index in [4.69, 9.17) is 25.1 Å². The van der Waals surface area contributed by atoms with Gasteiger partial charge < -0.3 is 28.8 Å². The maximum absolute atomic E-state index is 9.55. The Bertz CT molecular complexity index is 371. The van der Waals surface area contributed by atoms with Gasteiger partial charge in [-0.05, 0) is 27.7 Å². The van der Waals surface area contributed by atoms with Crippen LogP contribution in [-0.4, -0.2) is 54.0 Å². The van der Waals surface area contributed by atoms with Gasteiger partial charge in [-0.25, -0.2) is 0 Å². The fourth-order valence-corrected chi connectivity index (χ4v) is 2.76. The summed E-state index contributed by atoms with van der Waals surface area (Å²) in [5.74, 6) is -1.57. The van der Waals surface area contributed by atoms with Gasteiger partial charge in [0.1, 0.15) is 24.4 Å². The molecule has 6 heteroatoms. The van der Waals surface area contributed by atoms with Crippen molar-refractivity contribution < 1.29 is 30.2 Å². The van der Waals surface area contributed by atoms with Crippen molar-refractivity contribution in [2.45, 2.75) is 70.0 Å². The fraction of sp³-hybridized carbons (Fsp3) is 1.00. The molecule has 0 aromatic rings. The Morgan fingerprint density at radius 1 is 0.944 bits per heavy atom. The monoisotopic (exact) mass is 261 g/mol. The van der Waals surface area contributed by atoms with Crippen LogP contribution in [0.15, 0.2) is 0 Å². The number of hydrogen-bond acceptors (Lipinski definition) is 6. The zero-order valence-corrected chi connectivity index (χ0v) is 11.0. The van der Waals surface area contributed by atoms with Gasteiger partial charge in [0.2, 0.25) is 0 Å². The summed E-state index contributed by atoms with van der Waals surface area (Å²) in [6.07, 6.45) is -2.84. The van der Waals surface area contributed by atoms with E-state index in [9.17, 15) is 5.11 Å². The molecule has 0 bridgehead atoms. The van der Waals surface area contributed by atoms with E-state index in [1.165, 1.54) is 0 Å². The molecular formula is C12H20O6. The van der Waals surface area contributed by atoms with E-state index < -0.39 is 48.9 Å². The van der Waals surface area contributed by atoms with Crippen molar-refractivity contribution in [1.29, 1.82) is 0 Å². The zero-order valence-electron chi connectivity index (χ0n) is 12.0. The smallest absolute Gasteiger partial charge is 0.190 e. The highest BCUT2D eigenvalue weighted by Gasteiger charge is 2.60. The summed E-state index contributed by atoms with van der Waals surface area (Å²) < 4.78 is 36.1. The van der Waals surface area contributed by atoms with Crippen LogP contribution in [0.1, 0.15) is 29.1 Å². The van der Waals surface area contributed by atoms with Crippen molar-refractivity contribution in [1.82, 2.24) is 0 Å². The van der Waals surface area contributed by atoms with Crippen LogP contribution in [-0.2, 0) is 23.7 Å². The fourth-order valence-electron chi connectivity index (χ4n) is 2.76. The molecule has 18 heavy (non-hydrogen) atoms. The first-order valence-electron chi connectivity index (χ1n) is 6.73. The molecule has 0 aromatic heterocycles.